The van der Waals surface area contributed by atoms with Gasteiger partial charge in [0.05, 0.1) is 19.3 Å². The van der Waals surface area contributed by atoms with Crippen molar-refractivity contribution in [1.29, 1.82) is 0 Å². The summed E-state index contributed by atoms with van der Waals surface area (Å²) < 4.78 is 7.53. The number of nitrogens with zero attached hydrogens (tertiary/aromatic N) is 1. The lowest BCUT2D eigenvalue weighted by Crippen LogP contribution is -2.51. The molecular formula is C27H30BrNO3. The molecule has 3 atom stereocenters. The van der Waals surface area contributed by atoms with Crippen molar-refractivity contribution in [2.24, 2.45) is 11.8 Å². The predicted molar refractivity (Wildman–Crippen MR) is 132 cm³/mol. The smallest absolute Gasteiger partial charge is 0.407 e. The molecule has 1 N–H and O–H groups in total. The molecule has 32 heavy (non-hydrogen) atoms. The lowest BCUT2D eigenvalue weighted by atomic mass is 9.75. The quantitative estimate of drug-likeness (QED) is 0.403. The molecule has 0 saturated carbocycles. The Balaban J connectivity index is 1.61. The lowest BCUT2D eigenvalue weighted by molar-refractivity contribution is -0.0426. The average molecular weight is 496 g/mol. The van der Waals surface area contributed by atoms with Crippen molar-refractivity contribution in [2.75, 3.05) is 13.1 Å². The first-order valence-corrected chi connectivity index (χ1v) is 12.0. The standard InChI is InChI=1S/C27H30BrNO3/c1-18(2)13-23-15-29(27(30)31)16-25(26(23)21-9-11-24(28)12-10-21)32-17-19-7-8-20-5-3-4-6-22(20)14-19/h3-12,14,18,23,25-26H,13,15-17H2,1-2H3,(H,30,31). The van der Waals surface area contributed by atoms with Crippen LogP contribution in [-0.4, -0.2) is 35.3 Å². The van der Waals surface area contributed by atoms with E-state index >= 15 is 0 Å². The summed E-state index contributed by atoms with van der Waals surface area (Å²) in [6.07, 6.45) is -0.107. The van der Waals surface area contributed by atoms with Crippen LogP contribution in [0, 0.1) is 11.8 Å². The Morgan fingerprint density at radius 1 is 1.06 bits per heavy atom. The van der Waals surface area contributed by atoms with Gasteiger partial charge >= 0.3 is 6.09 Å². The van der Waals surface area contributed by atoms with Crippen LogP contribution < -0.4 is 0 Å². The van der Waals surface area contributed by atoms with Gasteiger partial charge in [-0.25, -0.2) is 4.79 Å². The van der Waals surface area contributed by atoms with Crippen molar-refractivity contribution in [3.05, 3.63) is 82.3 Å². The van der Waals surface area contributed by atoms with Crippen LogP contribution in [0.3, 0.4) is 0 Å². The number of carbonyl (C=O) groups is 1. The van der Waals surface area contributed by atoms with E-state index < -0.39 is 6.09 Å². The Kier molecular flexibility index (Phi) is 7.17. The highest BCUT2D eigenvalue weighted by atomic mass is 79.9. The Morgan fingerprint density at radius 3 is 2.47 bits per heavy atom. The zero-order chi connectivity index (χ0) is 22.7. The summed E-state index contributed by atoms with van der Waals surface area (Å²) in [5.74, 6) is 0.844. The summed E-state index contributed by atoms with van der Waals surface area (Å²) in [6.45, 7) is 5.79. The molecule has 168 valence electrons. The van der Waals surface area contributed by atoms with Crippen molar-refractivity contribution in [3.63, 3.8) is 0 Å². The third kappa shape index (κ3) is 5.33. The van der Waals surface area contributed by atoms with E-state index in [0.717, 1.165) is 16.5 Å². The van der Waals surface area contributed by atoms with Gasteiger partial charge in [0.25, 0.3) is 0 Å². The van der Waals surface area contributed by atoms with E-state index in [0.29, 0.717) is 25.6 Å². The number of benzene rings is 3. The van der Waals surface area contributed by atoms with Crippen LogP contribution in [-0.2, 0) is 11.3 Å². The molecule has 1 aliphatic heterocycles. The number of ether oxygens (including phenoxy) is 1. The van der Waals surface area contributed by atoms with Crippen LogP contribution in [0.2, 0.25) is 0 Å². The first-order chi connectivity index (χ1) is 15.4. The Labute approximate surface area is 198 Å². The minimum Gasteiger partial charge on any atom is -0.465 e. The number of hydrogen-bond acceptors (Lipinski definition) is 2. The fourth-order valence-electron chi connectivity index (χ4n) is 4.95. The topological polar surface area (TPSA) is 49.8 Å². The third-order valence-electron chi connectivity index (χ3n) is 6.34. The van der Waals surface area contributed by atoms with E-state index in [9.17, 15) is 9.90 Å². The molecule has 0 aliphatic carbocycles. The monoisotopic (exact) mass is 495 g/mol. The minimum absolute atomic E-state index is 0.154. The molecule has 0 radical (unpaired) electrons. The second kappa shape index (κ2) is 10.1. The van der Waals surface area contributed by atoms with Crippen molar-refractivity contribution < 1.29 is 14.6 Å². The third-order valence-corrected chi connectivity index (χ3v) is 6.87. The highest BCUT2D eigenvalue weighted by Crippen LogP contribution is 2.39. The first kappa shape index (κ1) is 22.8. The zero-order valence-corrected chi connectivity index (χ0v) is 20.2. The van der Waals surface area contributed by atoms with Gasteiger partial charge < -0.3 is 14.7 Å². The summed E-state index contributed by atoms with van der Waals surface area (Å²) in [5, 5.41) is 12.2. The molecule has 5 heteroatoms. The summed E-state index contributed by atoms with van der Waals surface area (Å²) in [4.78, 5) is 13.4. The summed E-state index contributed by atoms with van der Waals surface area (Å²) in [7, 11) is 0. The molecule has 0 bridgehead atoms. The normalized spacial score (nSPS) is 21.2. The maximum absolute atomic E-state index is 11.9. The molecule has 4 nitrogen and oxygen atoms in total. The lowest BCUT2D eigenvalue weighted by Gasteiger charge is -2.43. The number of rotatable bonds is 6. The van der Waals surface area contributed by atoms with Crippen LogP contribution >= 0.6 is 15.9 Å². The largest absolute Gasteiger partial charge is 0.465 e. The van der Waals surface area contributed by atoms with Gasteiger partial charge in [-0.05, 0) is 58.4 Å². The molecule has 1 fully saturated rings. The predicted octanol–water partition coefficient (Wildman–Crippen LogP) is 6.93. The van der Waals surface area contributed by atoms with Crippen LogP contribution in [0.1, 0.15) is 37.3 Å². The molecule has 3 unspecified atom stereocenters. The van der Waals surface area contributed by atoms with E-state index in [2.05, 4.69) is 84.4 Å². The molecule has 4 rings (SSSR count). The van der Waals surface area contributed by atoms with Crippen LogP contribution in [0.15, 0.2) is 71.2 Å². The second-order valence-electron chi connectivity index (χ2n) is 9.19. The number of carboxylic acid groups (broad SMARTS) is 1. The van der Waals surface area contributed by atoms with E-state index in [1.54, 1.807) is 0 Å². The Bertz CT molecular complexity index is 1070. The van der Waals surface area contributed by atoms with Gasteiger partial charge in [0.15, 0.2) is 0 Å². The molecular weight excluding hydrogens is 466 g/mol. The molecule has 1 amide bonds. The molecule has 3 aromatic carbocycles. The van der Waals surface area contributed by atoms with Gasteiger partial charge in [-0.2, -0.15) is 0 Å². The van der Waals surface area contributed by atoms with Gasteiger partial charge in [0.2, 0.25) is 0 Å². The number of amides is 1. The summed E-state index contributed by atoms with van der Waals surface area (Å²) in [6, 6.07) is 23.1. The first-order valence-electron chi connectivity index (χ1n) is 11.2. The van der Waals surface area contributed by atoms with Gasteiger partial charge in [-0.1, -0.05) is 78.3 Å². The second-order valence-corrected chi connectivity index (χ2v) is 10.1. The number of piperidine rings is 1. The number of hydrogen-bond donors (Lipinski definition) is 1. The van der Waals surface area contributed by atoms with Crippen LogP contribution in [0.4, 0.5) is 4.79 Å². The SMILES string of the molecule is CC(C)CC1CN(C(=O)O)CC(OCc2ccc3ccccc3c2)C1c1ccc(Br)cc1. The molecule has 1 saturated heterocycles. The van der Waals surface area contributed by atoms with Crippen molar-refractivity contribution >= 4 is 32.8 Å². The maximum Gasteiger partial charge on any atom is 0.407 e. The minimum atomic E-state index is -0.868. The number of fused-ring (bicyclic) bond motifs is 1. The van der Waals surface area contributed by atoms with Crippen molar-refractivity contribution in [3.8, 4) is 0 Å². The molecule has 0 aromatic heterocycles. The highest BCUT2D eigenvalue weighted by Gasteiger charge is 2.40. The highest BCUT2D eigenvalue weighted by molar-refractivity contribution is 9.10. The fraction of sp³-hybridized carbons (Fsp3) is 0.370. The van der Waals surface area contributed by atoms with E-state index in [4.69, 9.17) is 4.74 Å². The van der Waals surface area contributed by atoms with E-state index in [1.807, 2.05) is 12.1 Å². The molecule has 3 aromatic rings. The number of halogens is 1. The van der Waals surface area contributed by atoms with Gasteiger partial charge in [0.1, 0.15) is 0 Å². The van der Waals surface area contributed by atoms with E-state index in [-0.39, 0.29) is 17.9 Å². The average Bonchev–Trinajstić information content (AvgIpc) is 2.77. The van der Waals surface area contributed by atoms with Gasteiger partial charge in [-0.15, -0.1) is 0 Å². The van der Waals surface area contributed by atoms with E-state index in [1.165, 1.54) is 21.2 Å². The van der Waals surface area contributed by atoms with Crippen LogP contribution in [0.25, 0.3) is 10.8 Å². The molecule has 1 heterocycles. The zero-order valence-electron chi connectivity index (χ0n) is 18.6. The Hall–Kier alpha value is -2.37. The van der Waals surface area contributed by atoms with Gasteiger partial charge in [0, 0.05) is 16.9 Å². The fourth-order valence-corrected chi connectivity index (χ4v) is 5.21. The van der Waals surface area contributed by atoms with Crippen molar-refractivity contribution in [2.45, 2.75) is 38.9 Å². The molecule has 0 spiro atoms. The summed E-state index contributed by atoms with van der Waals surface area (Å²) >= 11 is 3.53. The maximum atomic E-state index is 11.9. The van der Waals surface area contributed by atoms with Crippen molar-refractivity contribution in [1.82, 2.24) is 4.90 Å². The molecule has 1 aliphatic rings. The summed E-state index contributed by atoms with van der Waals surface area (Å²) in [5.41, 5.74) is 2.32. The van der Waals surface area contributed by atoms with Gasteiger partial charge in [-0.3, -0.25) is 0 Å². The van der Waals surface area contributed by atoms with Crippen LogP contribution in [0.5, 0.6) is 0 Å². The Morgan fingerprint density at radius 2 is 1.78 bits per heavy atom. The number of likely N-dealkylation sites (tertiary alicyclic amines) is 1.